The largest absolute Gasteiger partial charge is 0.479 e. The zero-order chi connectivity index (χ0) is 10.9. The van der Waals surface area contributed by atoms with Gasteiger partial charge in [-0.2, -0.15) is 11.8 Å². The van der Waals surface area contributed by atoms with Crippen LogP contribution in [0.2, 0.25) is 0 Å². The van der Waals surface area contributed by atoms with Crippen molar-refractivity contribution in [1.29, 1.82) is 0 Å². The lowest BCUT2D eigenvalue weighted by Crippen LogP contribution is -2.47. The van der Waals surface area contributed by atoms with E-state index in [1.807, 2.05) is 0 Å². The van der Waals surface area contributed by atoms with Gasteiger partial charge in [-0.1, -0.05) is 6.07 Å². The Kier molecular flexibility index (Phi) is 2.56. The number of pyridine rings is 1. The molecular formula is C10H11NO3S. The van der Waals surface area contributed by atoms with E-state index in [4.69, 9.17) is 0 Å². The summed E-state index contributed by atoms with van der Waals surface area (Å²) < 4.78 is 1.34. The third-order valence-corrected chi connectivity index (χ3v) is 3.86. The van der Waals surface area contributed by atoms with Crippen LogP contribution in [-0.4, -0.2) is 27.1 Å². The number of aromatic nitrogens is 1. The topological polar surface area (TPSA) is 59.3 Å². The number of carboxylic acid groups (broad SMARTS) is 1. The van der Waals surface area contributed by atoms with Crippen LogP contribution in [0.3, 0.4) is 0 Å². The lowest BCUT2D eigenvalue weighted by molar-refractivity contribution is -0.146. The molecule has 1 fully saturated rings. The second-order valence-electron chi connectivity index (χ2n) is 3.55. The minimum absolute atomic E-state index is 0.248. The molecule has 0 bridgehead atoms. The predicted octanol–water partition coefficient (Wildman–Crippen LogP) is 0.765. The van der Waals surface area contributed by atoms with E-state index < -0.39 is 11.5 Å². The van der Waals surface area contributed by atoms with E-state index in [9.17, 15) is 14.7 Å². The van der Waals surface area contributed by atoms with Crippen LogP contribution in [0.5, 0.6) is 0 Å². The molecule has 1 aliphatic rings. The maximum absolute atomic E-state index is 11.6. The van der Waals surface area contributed by atoms with Crippen molar-refractivity contribution >= 4 is 17.7 Å². The molecule has 2 heterocycles. The fourth-order valence-corrected chi connectivity index (χ4v) is 3.17. The summed E-state index contributed by atoms with van der Waals surface area (Å²) in [5.74, 6) is 0.334. The van der Waals surface area contributed by atoms with Gasteiger partial charge in [0, 0.05) is 18.0 Å². The van der Waals surface area contributed by atoms with Crippen LogP contribution in [-0.2, 0) is 10.3 Å². The van der Waals surface area contributed by atoms with Crippen molar-refractivity contribution in [2.75, 3.05) is 11.5 Å². The number of hydrogen-bond acceptors (Lipinski definition) is 3. The van der Waals surface area contributed by atoms with Gasteiger partial charge in [-0.15, -0.1) is 0 Å². The van der Waals surface area contributed by atoms with E-state index in [0.29, 0.717) is 12.2 Å². The number of rotatable bonds is 2. The highest BCUT2D eigenvalue weighted by Crippen LogP contribution is 2.33. The zero-order valence-electron chi connectivity index (χ0n) is 8.05. The average Bonchev–Trinajstić information content (AvgIpc) is 2.68. The molecular weight excluding hydrogens is 214 g/mol. The van der Waals surface area contributed by atoms with E-state index in [1.165, 1.54) is 10.6 Å². The number of carbonyl (C=O) groups is 1. The van der Waals surface area contributed by atoms with Crippen molar-refractivity contribution in [3.05, 3.63) is 34.7 Å². The molecule has 0 aliphatic carbocycles. The molecule has 2 rings (SSSR count). The van der Waals surface area contributed by atoms with Crippen LogP contribution in [0.15, 0.2) is 29.2 Å². The van der Waals surface area contributed by atoms with Crippen LogP contribution in [0.25, 0.3) is 0 Å². The molecule has 0 aromatic carbocycles. The SMILES string of the molecule is O=C(O)C1(n2ccccc2=O)CCSC1. The molecule has 80 valence electrons. The molecule has 1 N–H and O–H groups in total. The van der Waals surface area contributed by atoms with Gasteiger partial charge in [-0.05, 0) is 18.2 Å². The van der Waals surface area contributed by atoms with Crippen molar-refractivity contribution in [3.8, 4) is 0 Å². The monoisotopic (exact) mass is 225 g/mol. The highest BCUT2D eigenvalue weighted by atomic mass is 32.2. The molecule has 0 radical (unpaired) electrons. The summed E-state index contributed by atoms with van der Waals surface area (Å²) in [4.78, 5) is 22.9. The minimum atomic E-state index is -1.04. The molecule has 1 aromatic rings. The van der Waals surface area contributed by atoms with Gasteiger partial charge in [0.05, 0.1) is 0 Å². The first kappa shape index (κ1) is 10.3. The lowest BCUT2D eigenvalue weighted by atomic mass is 9.98. The first-order chi connectivity index (χ1) is 7.17. The summed E-state index contributed by atoms with van der Waals surface area (Å²) in [5, 5.41) is 9.27. The Bertz CT molecular complexity index is 434. The van der Waals surface area contributed by atoms with E-state index >= 15 is 0 Å². The Morgan fingerprint density at radius 2 is 2.33 bits per heavy atom. The molecule has 1 atom stereocenters. The Labute approximate surface area is 90.9 Å². The maximum atomic E-state index is 11.6. The standard InChI is InChI=1S/C10H11NO3S/c12-8-3-1-2-5-11(8)10(9(13)14)4-6-15-7-10/h1-3,5H,4,6-7H2,(H,13,14). The number of nitrogens with zero attached hydrogens (tertiary/aromatic N) is 1. The summed E-state index contributed by atoms with van der Waals surface area (Å²) in [6.45, 7) is 0. The highest BCUT2D eigenvalue weighted by molar-refractivity contribution is 7.99. The Hall–Kier alpha value is -1.23. The summed E-state index contributed by atoms with van der Waals surface area (Å²) >= 11 is 1.57. The first-order valence-electron chi connectivity index (χ1n) is 4.66. The third-order valence-electron chi connectivity index (χ3n) is 2.68. The van der Waals surface area contributed by atoms with Gasteiger partial charge in [0.2, 0.25) is 0 Å². The molecule has 1 aliphatic heterocycles. The van der Waals surface area contributed by atoms with Crippen molar-refractivity contribution in [3.63, 3.8) is 0 Å². The quantitative estimate of drug-likeness (QED) is 0.807. The van der Waals surface area contributed by atoms with Crippen molar-refractivity contribution < 1.29 is 9.90 Å². The maximum Gasteiger partial charge on any atom is 0.330 e. The van der Waals surface area contributed by atoms with Crippen molar-refractivity contribution in [2.45, 2.75) is 12.0 Å². The molecule has 4 nitrogen and oxygen atoms in total. The van der Waals surface area contributed by atoms with Crippen molar-refractivity contribution in [2.24, 2.45) is 0 Å². The number of carboxylic acids is 1. The van der Waals surface area contributed by atoms with Gasteiger partial charge in [0.25, 0.3) is 5.56 Å². The summed E-state index contributed by atoms with van der Waals surface area (Å²) in [6.07, 6.45) is 2.07. The molecule has 0 spiro atoms. The van der Waals surface area contributed by atoms with Crippen LogP contribution in [0.1, 0.15) is 6.42 Å². The van der Waals surface area contributed by atoms with Gasteiger partial charge < -0.3 is 5.11 Å². The van der Waals surface area contributed by atoms with Gasteiger partial charge >= 0.3 is 5.97 Å². The highest BCUT2D eigenvalue weighted by Gasteiger charge is 2.44. The molecule has 0 saturated carbocycles. The Balaban J connectivity index is 2.55. The van der Waals surface area contributed by atoms with Crippen molar-refractivity contribution in [1.82, 2.24) is 4.57 Å². The normalized spacial score (nSPS) is 25.3. The second kappa shape index (κ2) is 3.73. The van der Waals surface area contributed by atoms with Crippen LogP contribution in [0, 0.1) is 0 Å². The smallest absolute Gasteiger partial charge is 0.330 e. The molecule has 0 amide bonds. The Morgan fingerprint density at radius 3 is 2.87 bits per heavy atom. The first-order valence-corrected chi connectivity index (χ1v) is 5.82. The zero-order valence-corrected chi connectivity index (χ0v) is 8.87. The number of hydrogen-bond donors (Lipinski definition) is 1. The minimum Gasteiger partial charge on any atom is -0.479 e. The van der Waals surface area contributed by atoms with E-state index in [2.05, 4.69) is 0 Å². The summed E-state index contributed by atoms with van der Waals surface area (Å²) in [7, 11) is 0. The fourth-order valence-electron chi connectivity index (χ4n) is 1.80. The third kappa shape index (κ3) is 1.56. The average molecular weight is 225 g/mol. The molecule has 1 aromatic heterocycles. The van der Waals surface area contributed by atoms with Gasteiger partial charge in [0.1, 0.15) is 0 Å². The van der Waals surface area contributed by atoms with Crippen LogP contribution in [0.4, 0.5) is 0 Å². The van der Waals surface area contributed by atoms with E-state index in [-0.39, 0.29) is 5.56 Å². The van der Waals surface area contributed by atoms with E-state index in [0.717, 1.165) is 5.75 Å². The fraction of sp³-hybridized carbons (Fsp3) is 0.400. The Morgan fingerprint density at radius 1 is 1.53 bits per heavy atom. The predicted molar refractivity (Wildman–Crippen MR) is 58.3 cm³/mol. The molecule has 5 heteroatoms. The number of thioether (sulfide) groups is 1. The lowest BCUT2D eigenvalue weighted by Gasteiger charge is -2.25. The van der Waals surface area contributed by atoms with Crippen LogP contribution < -0.4 is 5.56 Å². The number of aliphatic carboxylic acids is 1. The molecule has 1 saturated heterocycles. The van der Waals surface area contributed by atoms with E-state index in [1.54, 1.807) is 30.1 Å². The summed E-state index contributed by atoms with van der Waals surface area (Å²) in [5.41, 5.74) is -1.29. The van der Waals surface area contributed by atoms with Gasteiger partial charge in [0.15, 0.2) is 5.54 Å². The second-order valence-corrected chi connectivity index (χ2v) is 4.65. The molecule has 1 unspecified atom stereocenters. The van der Waals surface area contributed by atoms with Gasteiger partial charge in [-0.25, -0.2) is 4.79 Å². The van der Waals surface area contributed by atoms with Gasteiger partial charge in [-0.3, -0.25) is 9.36 Å². The van der Waals surface area contributed by atoms with Crippen LogP contribution >= 0.6 is 11.8 Å². The summed E-state index contributed by atoms with van der Waals surface area (Å²) in [6, 6.07) is 4.71. The molecule has 15 heavy (non-hydrogen) atoms.